The average Bonchev–Trinajstić information content (AvgIpc) is 2.63. The number of Topliss-reactive ketones (excluding diaryl/α,β-unsaturated/α-hetero) is 1. The summed E-state index contributed by atoms with van der Waals surface area (Å²) in [5.74, 6) is 0.0870. The average molecular weight is 340 g/mol. The van der Waals surface area contributed by atoms with Gasteiger partial charge in [-0.2, -0.15) is 0 Å². The van der Waals surface area contributed by atoms with E-state index in [-0.39, 0.29) is 16.4 Å². The monoisotopic (exact) mass is 340 g/mol. The summed E-state index contributed by atoms with van der Waals surface area (Å²) in [6.07, 6.45) is 0. The Morgan fingerprint density at radius 3 is 2.20 bits per heavy atom. The number of nitro benzene ring substituents is 1. The van der Waals surface area contributed by atoms with Crippen LogP contribution in [0.25, 0.3) is 0 Å². The Bertz CT molecular complexity index is 748. The van der Waals surface area contributed by atoms with Crippen molar-refractivity contribution >= 4 is 17.2 Å². The van der Waals surface area contributed by atoms with Crippen molar-refractivity contribution in [2.24, 2.45) is 0 Å². The van der Waals surface area contributed by atoms with Gasteiger partial charge in [0.25, 0.3) is 5.69 Å². The molecule has 0 bridgehead atoms. The molecule has 0 atom stereocenters. The van der Waals surface area contributed by atoms with Crippen LogP contribution in [0.4, 0.5) is 11.4 Å². The molecular weight excluding hydrogens is 318 g/mol. The Morgan fingerprint density at radius 2 is 1.68 bits per heavy atom. The lowest BCUT2D eigenvalue weighted by Crippen LogP contribution is -3.13. The van der Waals surface area contributed by atoms with Crippen LogP contribution in [0, 0.1) is 10.1 Å². The minimum Gasteiger partial charge on any atom is -0.360 e. The quantitative estimate of drug-likeness (QED) is 0.511. The molecule has 3 rings (SSSR count). The molecule has 130 valence electrons. The van der Waals surface area contributed by atoms with Gasteiger partial charge in [-0.25, -0.2) is 0 Å². The highest BCUT2D eigenvalue weighted by molar-refractivity contribution is 5.94. The molecule has 1 N–H and O–H groups in total. The largest absolute Gasteiger partial charge is 0.360 e. The van der Waals surface area contributed by atoms with Gasteiger partial charge in [-0.3, -0.25) is 14.9 Å². The van der Waals surface area contributed by atoms with Gasteiger partial charge in [0, 0.05) is 28.9 Å². The van der Waals surface area contributed by atoms with E-state index in [0.717, 1.165) is 49.5 Å². The summed E-state index contributed by atoms with van der Waals surface area (Å²) >= 11 is 0. The number of nitrogens with zero attached hydrogens (tertiary/aromatic N) is 2. The van der Waals surface area contributed by atoms with Gasteiger partial charge in [0.1, 0.15) is 6.54 Å². The highest BCUT2D eigenvalue weighted by atomic mass is 16.6. The van der Waals surface area contributed by atoms with Crippen LogP contribution in [0.5, 0.6) is 0 Å². The molecule has 2 aromatic carbocycles. The van der Waals surface area contributed by atoms with Crippen molar-refractivity contribution in [3.05, 3.63) is 69.8 Å². The van der Waals surface area contributed by atoms with Crippen molar-refractivity contribution in [2.45, 2.75) is 13.5 Å². The van der Waals surface area contributed by atoms with E-state index in [1.54, 1.807) is 19.1 Å². The van der Waals surface area contributed by atoms with Gasteiger partial charge in [0.15, 0.2) is 5.78 Å². The number of benzene rings is 2. The summed E-state index contributed by atoms with van der Waals surface area (Å²) < 4.78 is 0. The number of ketones is 1. The van der Waals surface area contributed by atoms with Crippen molar-refractivity contribution in [3.8, 4) is 0 Å². The first-order chi connectivity index (χ1) is 12.0. The summed E-state index contributed by atoms with van der Waals surface area (Å²) in [6.45, 7) is 6.42. The smallest absolute Gasteiger partial charge is 0.269 e. The molecule has 25 heavy (non-hydrogen) atoms. The molecule has 0 unspecified atom stereocenters. The van der Waals surface area contributed by atoms with Crippen molar-refractivity contribution in [2.75, 3.05) is 31.1 Å². The van der Waals surface area contributed by atoms with E-state index in [1.807, 2.05) is 36.4 Å². The fourth-order valence-corrected chi connectivity index (χ4v) is 3.19. The molecule has 0 radical (unpaired) electrons. The predicted octanol–water partition coefficient (Wildman–Crippen LogP) is 1.70. The standard InChI is InChI=1S/C19H21N3O3/c1-15(23)17-4-8-18(9-5-17)21-12-10-20(11-13-21)14-16-2-6-19(7-3-16)22(24)25/h2-9H,10-14H2,1H3/p+1. The third kappa shape index (κ3) is 4.22. The number of nitrogens with one attached hydrogen (secondary N) is 1. The van der Waals surface area contributed by atoms with Crippen LogP contribution in [0.3, 0.4) is 0 Å². The normalized spacial score (nSPS) is 15.2. The van der Waals surface area contributed by atoms with Crippen molar-refractivity contribution < 1.29 is 14.6 Å². The molecular formula is C19H22N3O3+. The SMILES string of the molecule is CC(=O)c1ccc(N2CC[NH+](Cc3ccc([N+](=O)[O-])cc3)CC2)cc1. The highest BCUT2D eigenvalue weighted by Gasteiger charge is 2.20. The summed E-state index contributed by atoms with van der Waals surface area (Å²) in [7, 11) is 0. The summed E-state index contributed by atoms with van der Waals surface area (Å²) in [4.78, 5) is 25.5. The van der Waals surface area contributed by atoms with Gasteiger partial charge in [0.05, 0.1) is 31.1 Å². The third-order valence-corrected chi connectivity index (χ3v) is 4.71. The zero-order valence-electron chi connectivity index (χ0n) is 14.3. The van der Waals surface area contributed by atoms with Gasteiger partial charge < -0.3 is 9.80 Å². The Balaban J connectivity index is 1.54. The first-order valence-electron chi connectivity index (χ1n) is 8.46. The molecule has 0 saturated carbocycles. The number of nitro groups is 1. The van der Waals surface area contributed by atoms with Gasteiger partial charge in [-0.1, -0.05) is 0 Å². The molecule has 6 nitrogen and oxygen atoms in total. The maximum absolute atomic E-state index is 11.4. The number of piperazine rings is 1. The Hall–Kier alpha value is -2.73. The van der Waals surface area contributed by atoms with E-state index in [2.05, 4.69) is 4.90 Å². The van der Waals surface area contributed by atoms with Gasteiger partial charge in [-0.15, -0.1) is 0 Å². The molecule has 6 heteroatoms. The number of rotatable bonds is 5. The van der Waals surface area contributed by atoms with Crippen LogP contribution in [0.1, 0.15) is 22.8 Å². The molecule has 1 aliphatic rings. The Kier molecular flexibility index (Phi) is 5.09. The lowest BCUT2D eigenvalue weighted by atomic mass is 10.1. The zero-order chi connectivity index (χ0) is 17.8. The van der Waals surface area contributed by atoms with E-state index in [9.17, 15) is 14.9 Å². The molecule has 0 aliphatic carbocycles. The summed E-state index contributed by atoms with van der Waals surface area (Å²) in [5, 5.41) is 10.7. The maximum atomic E-state index is 11.4. The van der Waals surface area contributed by atoms with Crippen LogP contribution >= 0.6 is 0 Å². The lowest BCUT2D eigenvalue weighted by molar-refractivity contribution is -0.914. The van der Waals surface area contributed by atoms with Crippen LogP contribution in [-0.4, -0.2) is 36.9 Å². The second-order valence-corrected chi connectivity index (χ2v) is 6.44. The minimum atomic E-state index is -0.368. The van der Waals surface area contributed by atoms with Gasteiger partial charge in [0.2, 0.25) is 0 Å². The Morgan fingerprint density at radius 1 is 1.08 bits per heavy atom. The second-order valence-electron chi connectivity index (χ2n) is 6.44. The first-order valence-corrected chi connectivity index (χ1v) is 8.46. The predicted molar refractivity (Wildman–Crippen MR) is 96.2 cm³/mol. The van der Waals surface area contributed by atoms with Crippen molar-refractivity contribution in [3.63, 3.8) is 0 Å². The van der Waals surface area contributed by atoms with Gasteiger partial charge >= 0.3 is 0 Å². The molecule has 1 aliphatic heterocycles. The number of carbonyl (C=O) groups is 1. The molecule has 0 amide bonds. The molecule has 2 aromatic rings. The fraction of sp³-hybridized carbons (Fsp3) is 0.316. The molecule has 1 fully saturated rings. The molecule has 0 spiro atoms. The van der Waals surface area contributed by atoms with E-state index >= 15 is 0 Å². The van der Waals surface area contributed by atoms with Crippen LogP contribution in [-0.2, 0) is 6.54 Å². The number of non-ortho nitro benzene ring substituents is 1. The van der Waals surface area contributed by atoms with Crippen molar-refractivity contribution in [1.29, 1.82) is 0 Å². The van der Waals surface area contributed by atoms with Crippen LogP contribution in [0.15, 0.2) is 48.5 Å². The number of hydrogen-bond acceptors (Lipinski definition) is 4. The topological polar surface area (TPSA) is 67.9 Å². The minimum absolute atomic E-state index is 0.0870. The molecule has 1 saturated heterocycles. The van der Waals surface area contributed by atoms with Gasteiger partial charge in [-0.05, 0) is 43.3 Å². The van der Waals surface area contributed by atoms with E-state index in [0.29, 0.717) is 0 Å². The fourth-order valence-electron chi connectivity index (χ4n) is 3.19. The maximum Gasteiger partial charge on any atom is 0.269 e. The van der Waals surface area contributed by atoms with Crippen LogP contribution in [0.2, 0.25) is 0 Å². The lowest BCUT2D eigenvalue weighted by Gasteiger charge is -2.33. The number of quaternary nitrogens is 1. The number of anilines is 1. The second kappa shape index (κ2) is 7.44. The van der Waals surface area contributed by atoms with E-state index in [1.165, 1.54) is 4.90 Å². The zero-order valence-corrected chi connectivity index (χ0v) is 14.3. The van der Waals surface area contributed by atoms with E-state index < -0.39 is 0 Å². The van der Waals surface area contributed by atoms with Crippen molar-refractivity contribution in [1.82, 2.24) is 0 Å². The molecule has 1 heterocycles. The Labute approximate surface area is 146 Å². The van der Waals surface area contributed by atoms with Crippen LogP contribution < -0.4 is 9.80 Å². The molecule has 0 aromatic heterocycles. The first kappa shape index (κ1) is 17.1. The number of carbonyl (C=O) groups excluding carboxylic acids is 1. The summed E-state index contributed by atoms with van der Waals surface area (Å²) in [5.41, 5.74) is 3.16. The number of hydrogen-bond donors (Lipinski definition) is 1. The third-order valence-electron chi connectivity index (χ3n) is 4.71. The highest BCUT2D eigenvalue weighted by Crippen LogP contribution is 2.16. The summed E-state index contributed by atoms with van der Waals surface area (Å²) in [6, 6.07) is 14.6. The van der Waals surface area contributed by atoms with E-state index in [4.69, 9.17) is 0 Å².